The monoisotopic (exact) mass is 421 g/mol. The number of aromatic nitrogens is 2. The maximum Gasteiger partial charge on any atom is 0.338 e. The Morgan fingerprint density at radius 2 is 1.94 bits per heavy atom. The summed E-state index contributed by atoms with van der Waals surface area (Å²) in [5.41, 5.74) is 4.01. The van der Waals surface area contributed by atoms with E-state index in [1.54, 1.807) is 14.2 Å². The number of carbonyl (C=O) groups is 1. The maximum absolute atomic E-state index is 13.2. The molecule has 0 aliphatic carbocycles. The number of anilines is 1. The molecule has 0 amide bonds. The van der Waals surface area contributed by atoms with Gasteiger partial charge in [-0.25, -0.2) is 9.78 Å². The molecule has 0 saturated heterocycles. The van der Waals surface area contributed by atoms with E-state index in [0.29, 0.717) is 36.0 Å². The van der Waals surface area contributed by atoms with Crippen LogP contribution in [0.5, 0.6) is 11.5 Å². The molecule has 31 heavy (non-hydrogen) atoms. The molecule has 0 spiro atoms. The summed E-state index contributed by atoms with van der Waals surface area (Å²) in [6, 6.07) is 13.1. The fourth-order valence-electron chi connectivity index (χ4n) is 4.12. The summed E-state index contributed by atoms with van der Waals surface area (Å²) in [4.78, 5) is 18.0. The van der Waals surface area contributed by atoms with Crippen LogP contribution in [0.15, 0.2) is 53.7 Å². The lowest BCUT2D eigenvalue weighted by molar-refractivity contribution is -0.139. The fraction of sp³-hybridized carbons (Fsp3) is 0.333. The Morgan fingerprint density at radius 1 is 1.13 bits per heavy atom. The Bertz CT molecular complexity index is 1150. The minimum Gasteiger partial charge on any atom is -0.497 e. The number of benzene rings is 2. The number of imidazole rings is 1. The lowest BCUT2D eigenvalue weighted by atomic mass is 9.92. The first-order valence-electron chi connectivity index (χ1n) is 10.5. The second-order valence-electron chi connectivity index (χ2n) is 7.29. The Hall–Kier alpha value is -3.48. The first kappa shape index (κ1) is 20.8. The molecule has 1 atom stereocenters. The zero-order valence-corrected chi connectivity index (χ0v) is 18.3. The third-order valence-corrected chi connectivity index (χ3v) is 5.45. The minimum atomic E-state index is -0.454. The molecule has 1 aliphatic heterocycles. The number of fused-ring (bicyclic) bond motifs is 3. The second kappa shape index (κ2) is 8.71. The summed E-state index contributed by atoms with van der Waals surface area (Å²) in [5, 5.41) is 3.40. The highest BCUT2D eigenvalue weighted by Crippen LogP contribution is 2.44. The van der Waals surface area contributed by atoms with E-state index < -0.39 is 6.04 Å². The van der Waals surface area contributed by atoms with E-state index in [1.807, 2.05) is 54.0 Å². The van der Waals surface area contributed by atoms with Gasteiger partial charge < -0.3 is 19.5 Å². The first-order valence-corrected chi connectivity index (χ1v) is 10.5. The summed E-state index contributed by atoms with van der Waals surface area (Å²) < 4.78 is 18.6. The lowest BCUT2D eigenvalue weighted by Gasteiger charge is -2.32. The van der Waals surface area contributed by atoms with E-state index >= 15 is 0 Å². The van der Waals surface area contributed by atoms with Gasteiger partial charge in [0.1, 0.15) is 11.5 Å². The zero-order valence-electron chi connectivity index (χ0n) is 18.3. The average Bonchev–Trinajstić information content (AvgIpc) is 3.16. The number of nitrogens with one attached hydrogen (secondary N) is 1. The van der Waals surface area contributed by atoms with Gasteiger partial charge in [0.15, 0.2) is 0 Å². The van der Waals surface area contributed by atoms with E-state index in [2.05, 4.69) is 12.2 Å². The highest BCUT2D eigenvalue weighted by molar-refractivity contribution is 5.94. The number of allylic oxidation sites excluding steroid dienone is 1. The normalized spacial score (nSPS) is 15.4. The van der Waals surface area contributed by atoms with Crippen molar-refractivity contribution in [3.63, 3.8) is 0 Å². The van der Waals surface area contributed by atoms with Crippen LogP contribution in [0.2, 0.25) is 0 Å². The van der Waals surface area contributed by atoms with Crippen molar-refractivity contribution in [3.05, 3.63) is 59.3 Å². The summed E-state index contributed by atoms with van der Waals surface area (Å²) in [6.07, 6.45) is 1.57. The largest absolute Gasteiger partial charge is 0.497 e. The van der Waals surface area contributed by atoms with Gasteiger partial charge in [0, 0.05) is 17.3 Å². The standard InChI is InChI=1S/C24H27N3O4/c1-5-9-18-21(23(28)31-6-2)22(16-13-12-15(29-3)14-20(16)30-4)27-19-11-8-7-10-17(19)25-24(27)26-18/h7-8,10-14,22H,5-6,9H2,1-4H3,(H,25,26). The molecule has 2 heterocycles. The van der Waals surface area contributed by atoms with Gasteiger partial charge in [-0.05, 0) is 37.6 Å². The Kier molecular flexibility index (Phi) is 5.84. The van der Waals surface area contributed by atoms with Gasteiger partial charge in [0.2, 0.25) is 5.95 Å². The minimum absolute atomic E-state index is 0.297. The molecule has 0 radical (unpaired) electrons. The van der Waals surface area contributed by atoms with Crippen LogP contribution in [0.1, 0.15) is 38.3 Å². The van der Waals surface area contributed by atoms with Crippen molar-refractivity contribution in [1.29, 1.82) is 0 Å². The van der Waals surface area contributed by atoms with Gasteiger partial charge in [0.05, 0.1) is 43.5 Å². The number of rotatable bonds is 7. The SMILES string of the molecule is CCCC1=C(C(=O)OCC)C(c2ccc(OC)cc2OC)n2c(nc3ccccc32)N1. The van der Waals surface area contributed by atoms with Crippen LogP contribution in [-0.2, 0) is 9.53 Å². The number of esters is 1. The summed E-state index contributed by atoms with van der Waals surface area (Å²) in [5.74, 6) is 1.67. The molecule has 162 valence electrons. The number of methoxy groups -OCH3 is 2. The van der Waals surface area contributed by atoms with Crippen LogP contribution in [-0.4, -0.2) is 36.3 Å². The number of hydrogen-bond acceptors (Lipinski definition) is 6. The van der Waals surface area contributed by atoms with Gasteiger partial charge >= 0.3 is 5.97 Å². The maximum atomic E-state index is 13.2. The summed E-state index contributed by atoms with van der Waals surface area (Å²) >= 11 is 0. The van der Waals surface area contributed by atoms with Crippen LogP contribution >= 0.6 is 0 Å². The van der Waals surface area contributed by atoms with Gasteiger partial charge in [-0.15, -0.1) is 0 Å². The van der Waals surface area contributed by atoms with Crippen molar-refractivity contribution in [2.24, 2.45) is 0 Å². The lowest BCUT2D eigenvalue weighted by Crippen LogP contribution is -2.30. The first-order chi connectivity index (χ1) is 15.1. The molecular weight excluding hydrogens is 394 g/mol. The van der Waals surface area contributed by atoms with E-state index in [-0.39, 0.29) is 5.97 Å². The highest BCUT2D eigenvalue weighted by atomic mass is 16.5. The molecule has 0 saturated carbocycles. The molecular formula is C24H27N3O4. The van der Waals surface area contributed by atoms with Crippen molar-refractivity contribution in [1.82, 2.24) is 9.55 Å². The van der Waals surface area contributed by atoms with Crippen molar-refractivity contribution in [3.8, 4) is 11.5 Å². The van der Waals surface area contributed by atoms with Crippen LogP contribution in [0.25, 0.3) is 11.0 Å². The van der Waals surface area contributed by atoms with Gasteiger partial charge in [0.25, 0.3) is 0 Å². The van der Waals surface area contributed by atoms with Gasteiger partial charge in [-0.2, -0.15) is 0 Å². The predicted molar refractivity (Wildman–Crippen MR) is 120 cm³/mol. The molecule has 1 aliphatic rings. The van der Waals surface area contributed by atoms with E-state index in [0.717, 1.165) is 28.7 Å². The van der Waals surface area contributed by atoms with Crippen molar-refractivity contribution < 1.29 is 19.0 Å². The number of para-hydroxylation sites is 2. The third-order valence-electron chi connectivity index (χ3n) is 5.45. The van der Waals surface area contributed by atoms with Crippen LogP contribution in [0.4, 0.5) is 5.95 Å². The molecule has 7 heteroatoms. The van der Waals surface area contributed by atoms with Crippen molar-refractivity contribution >= 4 is 23.0 Å². The van der Waals surface area contributed by atoms with Gasteiger partial charge in [-0.3, -0.25) is 4.57 Å². The Balaban J connectivity index is 2.02. The van der Waals surface area contributed by atoms with Crippen molar-refractivity contribution in [2.45, 2.75) is 32.7 Å². The quantitative estimate of drug-likeness (QED) is 0.558. The number of nitrogens with zero attached hydrogens (tertiary/aromatic N) is 2. The Morgan fingerprint density at radius 3 is 2.65 bits per heavy atom. The average molecular weight is 421 g/mol. The summed E-state index contributed by atoms with van der Waals surface area (Å²) in [7, 11) is 3.23. The zero-order chi connectivity index (χ0) is 22.0. The number of carbonyl (C=O) groups excluding carboxylic acids is 1. The van der Waals surface area contributed by atoms with E-state index in [9.17, 15) is 4.79 Å². The molecule has 4 rings (SSSR count). The van der Waals surface area contributed by atoms with Gasteiger partial charge in [-0.1, -0.05) is 25.5 Å². The predicted octanol–water partition coefficient (Wildman–Crippen LogP) is 4.69. The molecule has 0 bridgehead atoms. The molecule has 1 N–H and O–H groups in total. The second-order valence-corrected chi connectivity index (χ2v) is 7.29. The van der Waals surface area contributed by atoms with Crippen molar-refractivity contribution in [2.75, 3.05) is 26.1 Å². The van der Waals surface area contributed by atoms with Crippen LogP contribution < -0.4 is 14.8 Å². The number of ether oxygens (including phenoxy) is 3. The van der Waals surface area contributed by atoms with Crippen LogP contribution in [0.3, 0.4) is 0 Å². The molecule has 2 aromatic carbocycles. The fourth-order valence-corrected chi connectivity index (χ4v) is 4.12. The molecule has 7 nitrogen and oxygen atoms in total. The number of hydrogen-bond donors (Lipinski definition) is 1. The molecule has 0 fully saturated rings. The topological polar surface area (TPSA) is 74.6 Å². The highest BCUT2D eigenvalue weighted by Gasteiger charge is 2.37. The third kappa shape index (κ3) is 3.60. The van der Waals surface area contributed by atoms with E-state index in [4.69, 9.17) is 19.2 Å². The van der Waals surface area contributed by atoms with Crippen LogP contribution in [0, 0.1) is 0 Å². The Labute approximate surface area is 181 Å². The summed E-state index contributed by atoms with van der Waals surface area (Å²) in [6.45, 7) is 4.19. The molecule has 1 unspecified atom stereocenters. The smallest absolute Gasteiger partial charge is 0.338 e. The van der Waals surface area contributed by atoms with E-state index in [1.165, 1.54) is 0 Å². The molecule has 1 aromatic heterocycles. The molecule has 3 aromatic rings.